The van der Waals surface area contributed by atoms with Crippen molar-refractivity contribution in [1.82, 2.24) is 15.3 Å². The Kier molecular flexibility index (Phi) is 5.88. The monoisotopic (exact) mass is 264 g/mol. The Morgan fingerprint density at radius 3 is 2.68 bits per heavy atom. The highest BCUT2D eigenvalue weighted by Gasteiger charge is 2.10. The Hall–Kier alpha value is -1.36. The van der Waals surface area contributed by atoms with E-state index >= 15 is 0 Å². The van der Waals surface area contributed by atoms with Crippen LogP contribution in [0.25, 0.3) is 0 Å². The van der Waals surface area contributed by atoms with Gasteiger partial charge >= 0.3 is 0 Å². The van der Waals surface area contributed by atoms with Crippen LogP contribution in [0.5, 0.6) is 5.88 Å². The summed E-state index contributed by atoms with van der Waals surface area (Å²) in [7, 11) is 1.60. The zero-order valence-corrected chi connectivity index (χ0v) is 11.7. The highest BCUT2D eigenvalue weighted by Crippen LogP contribution is 2.16. The maximum atomic E-state index is 5.04. The van der Waals surface area contributed by atoms with E-state index in [0.29, 0.717) is 11.9 Å². The van der Waals surface area contributed by atoms with Crippen molar-refractivity contribution in [3.05, 3.63) is 12.4 Å². The maximum Gasteiger partial charge on any atom is 0.233 e. The molecule has 1 aliphatic rings. The third-order valence-corrected chi connectivity index (χ3v) is 3.54. The number of methoxy groups -OCH3 is 1. The highest BCUT2D eigenvalue weighted by molar-refractivity contribution is 5.33. The van der Waals surface area contributed by atoms with Crippen LogP contribution in [-0.4, -0.2) is 36.2 Å². The molecule has 0 spiro atoms. The van der Waals surface area contributed by atoms with Crippen molar-refractivity contribution in [2.75, 3.05) is 25.5 Å². The van der Waals surface area contributed by atoms with Gasteiger partial charge < -0.3 is 15.4 Å². The Balaban J connectivity index is 1.65. The van der Waals surface area contributed by atoms with Crippen LogP contribution in [0.1, 0.15) is 38.5 Å². The lowest BCUT2D eigenvalue weighted by Crippen LogP contribution is -2.32. The number of anilines is 1. The second-order valence-electron chi connectivity index (χ2n) is 5.02. The molecular formula is C14H24N4O. The molecule has 5 heteroatoms. The van der Waals surface area contributed by atoms with Crippen molar-refractivity contribution in [3.63, 3.8) is 0 Å². The summed E-state index contributed by atoms with van der Waals surface area (Å²) in [6.45, 7) is 1.82. The van der Waals surface area contributed by atoms with E-state index in [4.69, 9.17) is 4.74 Å². The number of hydrogen-bond acceptors (Lipinski definition) is 5. The fraction of sp³-hybridized carbons (Fsp3) is 0.714. The van der Waals surface area contributed by atoms with E-state index in [1.165, 1.54) is 38.5 Å². The van der Waals surface area contributed by atoms with Gasteiger partial charge in [0.1, 0.15) is 5.82 Å². The van der Waals surface area contributed by atoms with Crippen LogP contribution in [-0.2, 0) is 0 Å². The summed E-state index contributed by atoms with van der Waals surface area (Å²) in [5.74, 6) is 1.31. The number of nitrogens with zero attached hydrogens (tertiary/aromatic N) is 2. The van der Waals surface area contributed by atoms with Gasteiger partial charge in [-0.05, 0) is 12.8 Å². The first-order chi connectivity index (χ1) is 9.38. The zero-order chi connectivity index (χ0) is 13.3. The molecule has 0 bridgehead atoms. The van der Waals surface area contributed by atoms with Gasteiger partial charge in [0.2, 0.25) is 5.88 Å². The molecule has 1 aromatic rings. The number of nitrogens with one attached hydrogen (secondary N) is 2. The van der Waals surface area contributed by atoms with Gasteiger partial charge in [-0.25, -0.2) is 0 Å². The SMILES string of the molecule is COc1cncc(NCCNC2CCCCCC2)n1. The maximum absolute atomic E-state index is 5.04. The zero-order valence-electron chi connectivity index (χ0n) is 11.7. The lowest BCUT2D eigenvalue weighted by molar-refractivity contribution is 0.396. The summed E-state index contributed by atoms with van der Waals surface area (Å²) in [5.41, 5.74) is 0. The van der Waals surface area contributed by atoms with Gasteiger partial charge in [-0.1, -0.05) is 25.7 Å². The number of rotatable bonds is 6. The molecule has 19 heavy (non-hydrogen) atoms. The number of aromatic nitrogens is 2. The fourth-order valence-corrected chi connectivity index (χ4v) is 2.48. The van der Waals surface area contributed by atoms with Crippen LogP contribution in [0.3, 0.4) is 0 Å². The van der Waals surface area contributed by atoms with Crippen LogP contribution in [0.2, 0.25) is 0 Å². The summed E-state index contributed by atoms with van der Waals surface area (Å²) < 4.78 is 5.04. The van der Waals surface area contributed by atoms with Gasteiger partial charge in [0.05, 0.1) is 19.5 Å². The van der Waals surface area contributed by atoms with E-state index in [1.807, 2.05) is 0 Å². The van der Waals surface area contributed by atoms with Crippen LogP contribution < -0.4 is 15.4 Å². The van der Waals surface area contributed by atoms with E-state index in [-0.39, 0.29) is 0 Å². The van der Waals surface area contributed by atoms with Crippen molar-refractivity contribution in [2.45, 2.75) is 44.6 Å². The molecule has 1 aromatic heterocycles. The molecule has 2 N–H and O–H groups in total. The minimum Gasteiger partial charge on any atom is -0.480 e. The van der Waals surface area contributed by atoms with Crippen molar-refractivity contribution in [2.24, 2.45) is 0 Å². The topological polar surface area (TPSA) is 59.1 Å². The van der Waals surface area contributed by atoms with Crippen LogP contribution in [0, 0.1) is 0 Å². The molecular weight excluding hydrogens is 240 g/mol. The van der Waals surface area contributed by atoms with E-state index in [0.717, 1.165) is 18.9 Å². The van der Waals surface area contributed by atoms with E-state index in [2.05, 4.69) is 20.6 Å². The van der Waals surface area contributed by atoms with Gasteiger partial charge in [0.25, 0.3) is 0 Å². The second kappa shape index (κ2) is 7.94. The molecule has 2 rings (SSSR count). The Bertz CT molecular complexity index is 364. The Morgan fingerprint density at radius 2 is 1.95 bits per heavy atom. The predicted molar refractivity (Wildman–Crippen MR) is 76.6 cm³/mol. The van der Waals surface area contributed by atoms with Gasteiger partial charge in [-0.2, -0.15) is 4.98 Å². The first kappa shape index (κ1) is 14.1. The summed E-state index contributed by atoms with van der Waals surface area (Å²) in [5, 5.41) is 6.88. The molecule has 0 saturated heterocycles. The molecule has 0 radical (unpaired) electrons. The first-order valence-electron chi connectivity index (χ1n) is 7.22. The Labute approximate surface area is 115 Å². The molecule has 1 saturated carbocycles. The normalized spacial score (nSPS) is 16.9. The molecule has 0 aliphatic heterocycles. The lowest BCUT2D eigenvalue weighted by atomic mass is 10.1. The molecule has 0 aromatic carbocycles. The van der Waals surface area contributed by atoms with Gasteiger partial charge in [-0.3, -0.25) is 4.98 Å². The first-order valence-corrected chi connectivity index (χ1v) is 7.22. The molecule has 1 aliphatic carbocycles. The minimum absolute atomic E-state index is 0.543. The molecule has 1 fully saturated rings. The van der Waals surface area contributed by atoms with Gasteiger partial charge in [0, 0.05) is 19.1 Å². The Morgan fingerprint density at radius 1 is 1.16 bits per heavy atom. The summed E-state index contributed by atoms with van der Waals surface area (Å²) >= 11 is 0. The van der Waals surface area contributed by atoms with Crippen molar-refractivity contribution in [1.29, 1.82) is 0 Å². The average Bonchev–Trinajstić information content (AvgIpc) is 2.72. The van der Waals surface area contributed by atoms with Gasteiger partial charge in [-0.15, -0.1) is 0 Å². The van der Waals surface area contributed by atoms with E-state index < -0.39 is 0 Å². The fourth-order valence-electron chi connectivity index (χ4n) is 2.48. The summed E-state index contributed by atoms with van der Waals surface area (Å²) in [4.78, 5) is 8.33. The number of ether oxygens (including phenoxy) is 1. The third-order valence-electron chi connectivity index (χ3n) is 3.54. The van der Waals surface area contributed by atoms with Crippen LogP contribution in [0.15, 0.2) is 12.4 Å². The average molecular weight is 264 g/mol. The highest BCUT2D eigenvalue weighted by atomic mass is 16.5. The van der Waals surface area contributed by atoms with E-state index in [1.54, 1.807) is 19.5 Å². The van der Waals surface area contributed by atoms with Gasteiger partial charge in [0.15, 0.2) is 0 Å². The minimum atomic E-state index is 0.543. The summed E-state index contributed by atoms with van der Waals surface area (Å²) in [6, 6.07) is 0.695. The van der Waals surface area contributed by atoms with Crippen LogP contribution >= 0.6 is 0 Å². The van der Waals surface area contributed by atoms with Crippen molar-refractivity contribution in [3.8, 4) is 5.88 Å². The number of hydrogen-bond donors (Lipinski definition) is 2. The van der Waals surface area contributed by atoms with Crippen molar-refractivity contribution < 1.29 is 4.74 Å². The van der Waals surface area contributed by atoms with Crippen molar-refractivity contribution >= 4 is 5.82 Å². The molecule has 0 amide bonds. The predicted octanol–water partition coefficient (Wildman–Crippen LogP) is 2.21. The molecule has 5 nitrogen and oxygen atoms in total. The lowest BCUT2D eigenvalue weighted by Gasteiger charge is -2.16. The molecule has 0 unspecified atom stereocenters. The summed E-state index contributed by atoms with van der Waals surface area (Å²) in [6.07, 6.45) is 11.5. The van der Waals surface area contributed by atoms with Crippen LogP contribution in [0.4, 0.5) is 5.82 Å². The standard InChI is InChI=1S/C14H24N4O/c1-19-14-11-15-10-13(18-14)17-9-8-16-12-6-4-2-3-5-7-12/h10-12,16H,2-9H2,1H3,(H,17,18). The molecule has 106 valence electrons. The largest absolute Gasteiger partial charge is 0.480 e. The quantitative estimate of drug-likeness (QED) is 0.609. The second-order valence-corrected chi connectivity index (χ2v) is 5.02. The molecule has 1 heterocycles. The van der Waals surface area contributed by atoms with E-state index in [9.17, 15) is 0 Å². The smallest absolute Gasteiger partial charge is 0.233 e. The molecule has 0 atom stereocenters. The third kappa shape index (κ3) is 5.03.